The molecule has 1 aromatic heterocycles. The van der Waals surface area contributed by atoms with Crippen molar-refractivity contribution < 1.29 is 9.53 Å². The highest BCUT2D eigenvalue weighted by atomic mass is 35.5. The van der Waals surface area contributed by atoms with Gasteiger partial charge in [0.1, 0.15) is 11.6 Å². The second kappa shape index (κ2) is 5.32. The lowest BCUT2D eigenvalue weighted by molar-refractivity contribution is -0.128. The Kier molecular flexibility index (Phi) is 3.30. The van der Waals surface area contributed by atoms with Crippen molar-refractivity contribution in [2.75, 3.05) is 0 Å². The zero-order valence-electron chi connectivity index (χ0n) is 12.0. The average molecular weight is 318 g/mol. The molecule has 1 aromatic carbocycles. The van der Waals surface area contributed by atoms with Gasteiger partial charge in [-0.1, -0.05) is 11.6 Å². The second-order valence-electron chi connectivity index (χ2n) is 5.80. The summed E-state index contributed by atoms with van der Waals surface area (Å²) < 4.78 is 7.83. The Labute approximate surface area is 133 Å². The maximum Gasteiger partial charge on any atom is 0.261 e. The van der Waals surface area contributed by atoms with Crippen LogP contribution in [0.5, 0.6) is 5.75 Å². The van der Waals surface area contributed by atoms with Crippen LogP contribution in [0, 0.1) is 0 Å². The fourth-order valence-electron chi connectivity index (χ4n) is 3.14. The predicted molar refractivity (Wildman–Crippen MR) is 82.1 cm³/mol. The van der Waals surface area contributed by atoms with Crippen LogP contribution in [0.4, 0.5) is 0 Å². The molecule has 0 spiro atoms. The molecule has 0 unspecified atom stereocenters. The SMILES string of the molecule is O=C(N[C@@H]1CCc2nccn2C1)[C@H]1Cc2cc(Cl)ccc2O1. The molecule has 0 fully saturated rings. The lowest BCUT2D eigenvalue weighted by atomic mass is 10.1. The lowest BCUT2D eigenvalue weighted by Crippen LogP contribution is -2.46. The highest BCUT2D eigenvalue weighted by Crippen LogP contribution is 2.31. The van der Waals surface area contributed by atoms with E-state index < -0.39 is 6.10 Å². The van der Waals surface area contributed by atoms with Gasteiger partial charge in [0, 0.05) is 42.8 Å². The number of carbonyl (C=O) groups excluding carboxylic acids is 1. The van der Waals surface area contributed by atoms with Crippen molar-refractivity contribution in [3.8, 4) is 5.75 Å². The summed E-state index contributed by atoms with van der Waals surface area (Å²) in [5.74, 6) is 1.79. The van der Waals surface area contributed by atoms with E-state index in [2.05, 4.69) is 14.9 Å². The van der Waals surface area contributed by atoms with Crippen molar-refractivity contribution in [1.29, 1.82) is 0 Å². The second-order valence-corrected chi connectivity index (χ2v) is 6.24. The molecule has 1 amide bonds. The van der Waals surface area contributed by atoms with E-state index in [1.165, 1.54) is 0 Å². The van der Waals surface area contributed by atoms with Gasteiger partial charge in [-0.2, -0.15) is 0 Å². The van der Waals surface area contributed by atoms with Crippen LogP contribution in [0.1, 0.15) is 17.8 Å². The highest BCUT2D eigenvalue weighted by molar-refractivity contribution is 6.30. The topological polar surface area (TPSA) is 56.2 Å². The van der Waals surface area contributed by atoms with E-state index in [0.29, 0.717) is 11.4 Å². The number of halogens is 1. The third kappa shape index (κ3) is 2.46. The standard InChI is InChI=1S/C16H16ClN3O2/c17-11-1-3-13-10(7-11)8-14(22-13)16(21)19-12-2-4-15-18-5-6-20(15)9-12/h1,3,5-7,12,14H,2,4,8-9H2,(H,19,21)/t12-,14-/m1/s1. The molecule has 1 N–H and O–H groups in total. The Morgan fingerprint density at radius 2 is 2.36 bits per heavy atom. The molecule has 3 heterocycles. The van der Waals surface area contributed by atoms with Gasteiger partial charge in [-0.25, -0.2) is 4.98 Å². The number of carbonyl (C=O) groups is 1. The molecule has 22 heavy (non-hydrogen) atoms. The zero-order valence-corrected chi connectivity index (χ0v) is 12.7. The molecule has 2 aromatic rings. The van der Waals surface area contributed by atoms with Gasteiger partial charge in [-0.3, -0.25) is 4.79 Å². The number of ether oxygens (including phenoxy) is 1. The first-order valence-electron chi connectivity index (χ1n) is 7.44. The van der Waals surface area contributed by atoms with Crippen molar-refractivity contribution in [3.05, 3.63) is 47.0 Å². The molecule has 2 atom stereocenters. The van der Waals surface area contributed by atoms with Gasteiger partial charge in [0.2, 0.25) is 0 Å². The summed E-state index contributed by atoms with van der Waals surface area (Å²) in [5.41, 5.74) is 0.994. The Hall–Kier alpha value is -2.01. The summed E-state index contributed by atoms with van der Waals surface area (Å²) in [7, 11) is 0. The normalized spacial score (nSPS) is 22.6. The fraction of sp³-hybridized carbons (Fsp3) is 0.375. The monoisotopic (exact) mass is 317 g/mol. The van der Waals surface area contributed by atoms with Crippen LogP contribution in [0.3, 0.4) is 0 Å². The van der Waals surface area contributed by atoms with Crippen LogP contribution in [0.15, 0.2) is 30.6 Å². The van der Waals surface area contributed by atoms with Crippen LogP contribution < -0.4 is 10.1 Å². The third-order valence-corrected chi connectivity index (χ3v) is 4.51. The van der Waals surface area contributed by atoms with Gasteiger partial charge in [-0.15, -0.1) is 0 Å². The number of fused-ring (bicyclic) bond motifs is 2. The Morgan fingerprint density at radius 1 is 1.45 bits per heavy atom. The quantitative estimate of drug-likeness (QED) is 0.921. The van der Waals surface area contributed by atoms with Crippen LogP contribution >= 0.6 is 11.6 Å². The molecule has 0 radical (unpaired) electrons. The van der Waals surface area contributed by atoms with Crippen molar-refractivity contribution >= 4 is 17.5 Å². The highest BCUT2D eigenvalue weighted by Gasteiger charge is 2.31. The molecule has 5 nitrogen and oxygen atoms in total. The van der Waals surface area contributed by atoms with Gasteiger partial charge >= 0.3 is 0 Å². The smallest absolute Gasteiger partial charge is 0.261 e. The minimum absolute atomic E-state index is 0.0547. The van der Waals surface area contributed by atoms with Crippen LogP contribution in [0.2, 0.25) is 5.02 Å². The number of nitrogens with one attached hydrogen (secondary N) is 1. The first-order valence-corrected chi connectivity index (χ1v) is 7.82. The van der Waals surface area contributed by atoms with E-state index in [0.717, 1.165) is 36.5 Å². The van der Waals surface area contributed by atoms with Gasteiger partial charge in [-0.05, 0) is 30.2 Å². The molecular formula is C16H16ClN3O2. The molecule has 4 rings (SSSR count). The Balaban J connectivity index is 1.40. The molecule has 0 saturated carbocycles. The molecule has 114 valence electrons. The van der Waals surface area contributed by atoms with E-state index in [1.807, 2.05) is 18.3 Å². The molecule has 0 aliphatic carbocycles. The minimum atomic E-state index is -0.461. The number of benzene rings is 1. The average Bonchev–Trinajstić information content (AvgIpc) is 3.12. The Bertz CT molecular complexity index is 728. The summed E-state index contributed by atoms with van der Waals surface area (Å²) >= 11 is 5.98. The summed E-state index contributed by atoms with van der Waals surface area (Å²) in [5, 5.41) is 3.77. The predicted octanol–water partition coefficient (Wildman–Crippen LogP) is 1.97. The van der Waals surface area contributed by atoms with Crippen molar-refractivity contribution in [2.45, 2.75) is 38.0 Å². The molecule has 0 saturated heterocycles. The third-order valence-electron chi connectivity index (χ3n) is 4.27. The molecular weight excluding hydrogens is 302 g/mol. The van der Waals surface area contributed by atoms with Crippen molar-refractivity contribution in [2.24, 2.45) is 0 Å². The van der Waals surface area contributed by atoms with Gasteiger partial charge < -0.3 is 14.6 Å². The molecule has 2 aliphatic heterocycles. The maximum absolute atomic E-state index is 12.4. The van der Waals surface area contributed by atoms with E-state index >= 15 is 0 Å². The van der Waals surface area contributed by atoms with E-state index in [1.54, 1.807) is 12.3 Å². The number of aromatic nitrogens is 2. The Morgan fingerprint density at radius 3 is 3.27 bits per heavy atom. The van der Waals surface area contributed by atoms with Crippen LogP contribution in [0.25, 0.3) is 0 Å². The molecule has 2 aliphatic rings. The summed E-state index contributed by atoms with van der Waals surface area (Å²) in [6.07, 6.45) is 5.67. The lowest BCUT2D eigenvalue weighted by Gasteiger charge is -2.25. The summed E-state index contributed by atoms with van der Waals surface area (Å²) in [6, 6.07) is 5.60. The summed E-state index contributed by atoms with van der Waals surface area (Å²) in [4.78, 5) is 16.7. The number of hydrogen-bond donors (Lipinski definition) is 1. The number of amides is 1. The van der Waals surface area contributed by atoms with Gasteiger partial charge in [0.05, 0.1) is 0 Å². The number of nitrogens with zero attached hydrogens (tertiary/aromatic N) is 2. The number of hydrogen-bond acceptors (Lipinski definition) is 3. The first-order chi connectivity index (χ1) is 10.7. The van der Waals surface area contributed by atoms with Crippen molar-refractivity contribution in [3.63, 3.8) is 0 Å². The minimum Gasteiger partial charge on any atom is -0.480 e. The zero-order chi connectivity index (χ0) is 15.1. The van der Waals surface area contributed by atoms with E-state index in [-0.39, 0.29) is 11.9 Å². The number of aryl methyl sites for hydroxylation is 1. The molecule has 0 bridgehead atoms. The van der Waals surface area contributed by atoms with Crippen molar-refractivity contribution in [1.82, 2.24) is 14.9 Å². The van der Waals surface area contributed by atoms with Gasteiger partial charge in [0.15, 0.2) is 6.10 Å². The molecule has 6 heteroatoms. The van der Waals surface area contributed by atoms with Crippen LogP contribution in [-0.4, -0.2) is 27.6 Å². The summed E-state index contributed by atoms with van der Waals surface area (Å²) in [6.45, 7) is 0.770. The van der Waals surface area contributed by atoms with E-state index in [4.69, 9.17) is 16.3 Å². The number of rotatable bonds is 2. The largest absolute Gasteiger partial charge is 0.480 e. The van der Waals surface area contributed by atoms with Gasteiger partial charge in [0.25, 0.3) is 5.91 Å². The number of imidazole rings is 1. The van der Waals surface area contributed by atoms with E-state index in [9.17, 15) is 4.79 Å². The fourth-order valence-corrected chi connectivity index (χ4v) is 3.34. The van der Waals surface area contributed by atoms with Crippen LogP contribution in [-0.2, 0) is 24.2 Å². The first kappa shape index (κ1) is 13.6. The maximum atomic E-state index is 12.4.